The van der Waals surface area contributed by atoms with Crippen LogP contribution in [-0.4, -0.2) is 46.2 Å². The maximum Gasteiger partial charge on any atom is 0.219 e. The molecule has 1 aliphatic rings. The van der Waals surface area contributed by atoms with Crippen LogP contribution in [0.25, 0.3) is 32.0 Å². The molecule has 0 saturated carbocycles. The van der Waals surface area contributed by atoms with Gasteiger partial charge in [-0.25, -0.2) is 19.9 Å². The molecule has 9 nitrogen and oxygen atoms in total. The number of rotatable bonds is 6. The van der Waals surface area contributed by atoms with E-state index in [4.69, 9.17) is 25.3 Å². The van der Waals surface area contributed by atoms with Crippen molar-refractivity contribution in [3.05, 3.63) is 49.3 Å². The van der Waals surface area contributed by atoms with Gasteiger partial charge in [0, 0.05) is 30.4 Å². The summed E-state index contributed by atoms with van der Waals surface area (Å²) in [6.07, 6.45) is 3.31. The highest BCUT2D eigenvalue weighted by Gasteiger charge is 2.21. The van der Waals surface area contributed by atoms with Gasteiger partial charge in [-0.05, 0) is 30.7 Å². The fraction of sp³-hybridized carbons (Fsp3) is 0.227. The zero-order chi connectivity index (χ0) is 21.9. The number of benzene rings is 1. The van der Waals surface area contributed by atoms with Gasteiger partial charge < -0.3 is 15.4 Å². The lowest BCUT2D eigenvalue weighted by atomic mass is 10.1. The molecule has 1 aliphatic heterocycles. The highest BCUT2D eigenvalue weighted by atomic mass is 32.1. The van der Waals surface area contributed by atoms with Crippen LogP contribution in [0.15, 0.2) is 42.7 Å². The van der Waals surface area contributed by atoms with Crippen molar-refractivity contribution in [1.82, 2.24) is 19.9 Å². The Morgan fingerprint density at radius 2 is 1.94 bits per heavy atom. The third-order valence-electron chi connectivity index (χ3n) is 5.04. The third kappa shape index (κ3) is 4.20. The number of hydrogen-bond donors (Lipinski definition) is 2. The van der Waals surface area contributed by atoms with Crippen molar-refractivity contribution in [2.45, 2.75) is 6.92 Å². The van der Waals surface area contributed by atoms with E-state index in [0.29, 0.717) is 19.0 Å². The maximum atomic E-state index is 5.65. The maximum absolute atomic E-state index is 5.65. The summed E-state index contributed by atoms with van der Waals surface area (Å²) in [5.74, 6) is 1.70. The minimum Gasteiger partial charge on any atom is -0.378 e. The molecule has 3 aromatic heterocycles. The van der Waals surface area contributed by atoms with Gasteiger partial charge in [-0.3, -0.25) is 10.3 Å². The highest BCUT2D eigenvalue weighted by Crippen LogP contribution is 2.39. The molecule has 0 bridgehead atoms. The lowest BCUT2D eigenvalue weighted by molar-refractivity contribution is 0.122. The zero-order valence-electron chi connectivity index (χ0n) is 17.5. The van der Waals surface area contributed by atoms with Gasteiger partial charge in [0.25, 0.3) is 0 Å². The first kappa shape index (κ1) is 20.6. The summed E-state index contributed by atoms with van der Waals surface area (Å²) >= 11 is 1.67. The van der Waals surface area contributed by atoms with Gasteiger partial charge in [0.15, 0.2) is 11.6 Å². The van der Waals surface area contributed by atoms with Crippen molar-refractivity contribution in [3.8, 4) is 21.8 Å². The number of anilines is 3. The zero-order valence-corrected chi connectivity index (χ0v) is 18.3. The molecule has 10 heteroatoms. The van der Waals surface area contributed by atoms with E-state index in [1.54, 1.807) is 30.3 Å². The third-order valence-corrected chi connectivity index (χ3v) is 6.21. The average Bonchev–Trinajstić information content (AvgIpc) is 3.28. The van der Waals surface area contributed by atoms with Gasteiger partial charge in [-0.15, -0.1) is 11.3 Å². The first-order valence-corrected chi connectivity index (χ1v) is 11.0. The smallest absolute Gasteiger partial charge is 0.219 e. The molecule has 0 atom stereocenters. The summed E-state index contributed by atoms with van der Waals surface area (Å²) in [7, 11) is 0. The second-order valence-corrected chi connectivity index (χ2v) is 8.21. The lowest BCUT2D eigenvalue weighted by Crippen LogP contribution is -2.36. The highest BCUT2D eigenvalue weighted by molar-refractivity contribution is 7.22. The summed E-state index contributed by atoms with van der Waals surface area (Å²) in [6, 6.07) is 10.2. The number of nitrogens with one attached hydrogen (secondary N) is 1. The van der Waals surface area contributed by atoms with Crippen LogP contribution in [0.2, 0.25) is 0 Å². The quantitative estimate of drug-likeness (QED) is 0.426. The van der Waals surface area contributed by atoms with E-state index in [1.807, 2.05) is 25.1 Å². The molecule has 1 radical (unpaired) electrons. The number of fused-ring (bicyclic) bond motifs is 1. The molecule has 1 fully saturated rings. The minimum atomic E-state index is 0.221. The Kier molecular flexibility index (Phi) is 5.80. The number of aromatic nitrogens is 4. The van der Waals surface area contributed by atoms with Crippen molar-refractivity contribution in [3.63, 3.8) is 0 Å². The molecular formula is C22H22N7O2S. The van der Waals surface area contributed by atoms with Gasteiger partial charge >= 0.3 is 0 Å². The first-order chi connectivity index (χ1) is 15.7. The van der Waals surface area contributed by atoms with Crippen LogP contribution in [0.1, 0.15) is 6.92 Å². The van der Waals surface area contributed by atoms with E-state index in [2.05, 4.69) is 32.5 Å². The van der Waals surface area contributed by atoms with E-state index in [0.717, 1.165) is 50.8 Å². The molecule has 0 aliphatic carbocycles. The monoisotopic (exact) mass is 448 g/mol. The molecule has 1 saturated heterocycles. The standard InChI is InChI=1S/C22H22N7O2S/c1-2-31-28-16-5-3-4-14(10-16)18-11-17-19(32-18)21(29-6-8-30-9-7-29)27-20(26-17)15-12-24-22(23)25-13-15/h2-5,10-13,28H,6-9H2,1H3,(H2,23,24,25). The molecule has 0 unspecified atom stereocenters. The van der Waals surface area contributed by atoms with E-state index in [9.17, 15) is 0 Å². The molecule has 4 aromatic rings. The summed E-state index contributed by atoms with van der Waals surface area (Å²) in [4.78, 5) is 26.5. The van der Waals surface area contributed by atoms with Gasteiger partial charge in [0.2, 0.25) is 5.95 Å². The minimum absolute atomic E-state index is 0.221. The topological polar surface area (TPSA) is 111 Å². The Hall–Kier alpha value is -3.34. The lowest BCUT2D eigenvalue weighted by Gasteiger charge is -2.28. The fourth-order valence-corrected chi connectivity index (χ4v) is 4.60. The van der Waals surface area contributed by atoms with Crippen LogP contribution in [0.4, 0.5) is 17.5 Å². The van der Waals surface area contributed by atoms with Gasteiger partial charge in [0.1, 0.15) is 6.61 Å². The Balaban J connectivity index is 1.61. The van der Waals surface area contributed by atoms with Crippen molar-refractivity contribution in [2.75, 3.05) is 42.4 Å². The molecule has 5 rings (SSSR count). The Morgan fingerprint density at radius 3 is 2.72 bits per heavy atom. The van der Waals surface area contributed by atoms with Crippen LogP contribution in [-0.2, 0) is 9.57 Å². The number of nitrogens with two attached hydrogens (primary N) is 1. The molecule has 0 amide bonds. The number of ether oxygens (including phenoxy) is 1. The number of hydrogen-bond acceptors (Lipinski definition) is 10. The average molecular weight is 449 g/mol. The Morgan fingerprint density at radius 1 is 1.12 bits per heavy atom. The molecule has 4 heterocycles. The second kappa shape index (κ2) is 9.03. The van der Waals surface area contributed by atoms with E-state index in [-0.39, 0.29) is 5.95 Å². The SMILES string of the molecule is C[CH]ONc1cccc(-c2cc3nc(-c4cnc(N)nc4)nc(N4CCOCC4)c3s2)c1. The van der Waals surface area contributed by atoms with Crippen LogP contribution in [0.3, 0.4) is 0 Å². The number of nitrogens with zero attached hydrogens (tertiary/aromatic N) is 5. The van der Waals surface area contributed by atoms with Crippen LogP contribution in [0, 0.1) is 6.61 Å². The first-order valence-electron chi connectivity index (χ1n) is 10.2. The summed E-state index contributed by atoms with van der Waals surface area (Å²) < 4.78 is 6.58. The van der Waals surface area contributed by atoms with Crippen LogP contribution >= 0.6 is 11.3 Å². The fourth-order valence-electron chi connectivity index (χ4n) is 3.49. The molecule has 163 valence electrons. The molecular weight excluding hydrogens is 426 g/mol. The van der Waals surface area contributed by atoms with Gasteiger partial charge in [-0.2, -0.15) is 0 Å². The number of thiophene rings is 1. The Bertz CT molecular complexity index is 1220. The molecule has 3 N–H and O–H groups in total. The molecule has 0 spiro atoms. The summed E-state index contributed by atoms with van der Waals surface area (Å²) in [5.41, 5.74) is 12.1. The van der Waals surface area contributed by atoms with Crippen molar-refractivity contribution < 1.29 is 9.57 Å². The van der Waals surface area contributed by atoms with E-state index < -0.39 is 0 Å². The predicted octanol–water partition coefficient (Wildman–Crippen LogP) is 3.76. The van der Waals surface area contributed by atoms with Crippen molar-refractivity contribution >= 4 is 39.0 Å². The van der Waals surface area contributed by atoms with E-state index >= 15 is 0 Å². The molecule has 1 aromatic carbocycles. The van der Waals surface area contributed by atoms with Crippen LogP contribution < -0.4 is 16.1 Å². The number of nitrogen functional groups attached to an aromatic ring is 1. The Labute approximate surface area is 189 Å². The normalized spacial score (nSPS) is 14.1. The van der Waals surface area contributed by atoms with Crippen LogP contribution in [0.5, 0.6) is 0 Å². The largest absolute Gasteiger partial charge is 0.378 e. The summed E-state index contributed by atoms with van der Waals surface area (Å²) in [5, 5.41) is 0. The number of morpholine rings is 1. The van der Waals surface area contributed by atoms with Crippen molar-refractivity contribution in [2.24, 2.45) is 0 Å². The predicted molar refractivity (Wildman–Crippen MR) is 126 cm³/mol. The van der Waals surface area contributed by atoms with E-state index in [1.165, 1.54) is 0 Å². The second-order valence-electron chi connectivity index (χ2n) is 7.16. The molecule has 32 heavy (non-hydrogen) atoms. The van der Waals surface area contributed by atoms with Gasteiger partial charge in [0.05, 0.1) is 34.7 Å². The van der Waals surface area contributed by atoms with Crippen molar-refractivity contribution in [1.29, 1.82) is 0 Å². The van der Waals surface area contributed by atoms with Gasteiger partial charge in [-0.1, -0.05) is 12.1 Å². The summed E-state index contributed by atoms with van der Waals surface area (Å²) in [6.45, 7) is 6.32.